The minimum atomic E-state index is -0.401. The summed E-state index contributed by atoms with van der Waals surface area (Å²) in [4.78, 5) is 0. The lowest BCUT2D eigenvalue weighted by molar-refractivity contribution is 0.775. The van der Waals surface area contributed by atoms with Gasteiger partial charge in [-0.3, -0.25) is 0 Å². The average molecular weight is 172 g/mol. The van der Waals surface area contributed by atoms with Gasteiger partial charge in [0.1, 0.15) is 0 Å². The zero-order valence-electron chi connectivity index (χ0n) is 8.85. The molecule has 0 aromatic carbocycles. The van der Waals surface area contributed by atoms with Crippen LogP contribution >= 0.6 is 0 Å². The smallest absolute Gasteiger partial charge is 0.0421 e. The van der Waals surface area contributed by atoms with E-state index in [0.29, 0.717) is 0 Å². The molecule has 0 aliphatic heterocycles. The van der Waals surface area contributed by atoms with E-state index in [1.807, 2.05) is 0 Å². The zero-order valence-corrected chi connectivity index (χ0v) is 10.0. The van der Waals surface area contributed by atoms with Crippen molar-refractivity contribution in [1.82, 2.24) is 0 Å². The van der Waals surface area contributed by atoms with Gasteiger partial charge in [0.15, 0.2) is 0 Å². The topological polar surface area (TPSA) is 0 Å². The van der Waals surface area contributed by atoms with Crippen LogP contribution in [0.2, 0.25) is 17.1 Å². The molecule has 2 unspecified atom stereocenters. The van der Waals surface area contributed by atoms with Gasteiger partial charge in [-0.1, -0.05) is 64.6 Å². The Kier molecular flexibility index (Phi) is 5.93. The molecule has 0 aromatic rings. The first kappa shape index (κ1) is 11.2. The molecule has 0 aliphatic rings. The quantitative estimate of drug-likeness (QED) is 0.553. The summed E-state index contributed by atoms with van der Waals surface area (Å²) in [5.41, 5.74) is 2.10. The third-order valence-corrected chi connectivity index (χ3v) is 8.03. The Morgan fingerprint density at radius 3 is 1.45 bits per heavy atom. The van der Waals surface area contributed by atoms with Gasteiger partial charge in [0.25, 0.3) is 0 Å². The highest BCUT2D eigenvalue weighted by Gasteiger charge is 2.20. The van der Waals surface area contributed by atoms with E-state index < -0.39 is 8.80 Å². The first-order valence-electron chi connectivity index (χ1n) is 5.17. The van der Waals surface area contributed by atoms with E-state index in [9.17, 15) is 0 Å². The first-order valence-corrected chi connectivity index (χ1v) is 7.32. The van der Waals surface area contributed by atoms with Gasteiger partial charge in [0.05, 0.1) is 0 Å². The van der Waals surface area contributed by atoms with E-state index in [1.165, 1.54) is 18.9 Å². The fourth-order valence-corrected chi connectivity index (χ4v) is 5.91. The largest absolute Gasteiger partial charge is 0.0680 e. The lowest BCUT2D eigenvalue weighted by Crippen LogP contribution is -2.22. The van der Waals surface area contributed by atoms with Gasteiger partial charge >= 0.3 is 0 Å². The van der Waals surface area contributed by atoms with Crippen LogP contribution in [0.15, 0.2) is 0 Å². The van der Waals surface area contributed by atoms with Crippen LogP contribution in [0.25, 0.3) is 0 Å². The summed E-state index contributed by atoms with van der Waals surface area (Å²) in [6, 6.07) is 1.49. The summed E-state index contributed by atoms with van der Waals surface area (Å²) in [5.74, 6) is 0. The number of hydrogen-bond donors (Lipinski definition) is 0. The molecule has 0 saturated heterocycles. The molecule has 2 atom stereocenters. The molecule has 0 N–H and O–H groups in total. The second-order valence-electron chi connectivity index (χ2n) is 3.84. The van der Waals surface area contributed by atoms with Crippen LogP contribution in [0.3, 0.4) is 0 Å². The van der Waals surface area contributed by atoms with E-state index in [2.05, 4.69) is 34.6 Å². The molecule has 0 rings (SSSR count). The van der Waals surface area contributed by atoms with Crippen molar-refractivity contribution in [3.05, 3.63) is 0 Å². The Balaban J connectivity index is 3.92. The summed E-state index contributed by atoms with van der Waals surface area (Å²) in [6.07, 6.45) is 2.80. The summed E-state index contributed by atoms with van der Waals surface area (Å²) in [6.45, 7) is 12.0. The van der Waals surface area contributed by atoms with Crippen LogP contribution in [-0.2, 0) is 0 Å². The maximum atomic E-state index is 2.45. The van der Waals surface area contributed by atoms with E-state index in [-0.39, 0.29) is 0 Å². The van der Waals surface area contributed by atoms with Gasteiger partial charge < -0.3 is 0 Å². The highest BCUT2D eigenvalue weighted by atomic mass is 28.3. The van der Waals surface area contributed by atoms with Crippen molar-refractivity contribution >= 4 is 8.80 Å². The van der Waals surface area contributed by atoms with E-state index >= 15 is 0 Å². The maximum absolute atomic E-state index is 2.45. The summed E-state index contributed by atoms with van der Waals surface area (Å²) < 4.78 is 0. The number of rotatable bonds is 5. The van der Waals surface area contributed by atoms with Crippen molar-refractivity contribution in [3.8, 4) is 0 Å². The van der Waals surface area contributed by atoms with Crippen LogP contribution in [0.4, 0.5) is 0 Å². The fourth-order valence-electron chi connectivity index (χ4n) is 1.97. The predicted molar refractivity (Wildman–Crippen MR) is 57.1 cm³/mol. The van der Waals surface area contributed by atoms with Crippen LogP contribution in [0.5, 0.6) is 0 Å². The molecule has 68 valence electrons. The summed E-state index contributed by atoms with van der Waals surface area (Å²) in [7, 11) is -0.401. The maximum Gasteiger partial charge on any atom is 0.0421 e. The Hall–Kier alpha value is 0.217. The monoisotopic (exact) mass is 172 g/mol. The summed E-state index contributed by atoms with van der Waals surface area (Å²) in [5, 5.41) is 0. The van der Waals surface area contributed by atoms with Gasteiger partial charge in [0, 0.05) is 8.80 Å². The molecule has 0 fully saturated rings. The lowest BCUT2D eigenvalue weighted by Gasteiger charge is -2.25. The predicted octanol–water partition coefficient (Wildman–Crippen LogP) is 3.83. The Morgan fingerprint density at radius 2 is 1.27 bits per heavy atom. The second kappa shape index (κ2) is 5.82. The van der Waals surface area contributed by atoms with E-state index in [0.717, 1.165) is 11.1 Å². The van der Waals surface area contributed by atoms with Gasteiger partial charge in [-0.25, -0.2) is 0 Å². The van der Waals surface area contributed by atoms with Crippen molar-refractivity contribution in [2.24, 2.45) is 0 Å². The standard InChI is InChI=1S/C10H24Si/c1-6-9(4)11(8-3)10(5)7-2/h9-11H,6-8H2,1-5H3. The number of hydrogen-bond acceptors (Lipinski definition) is 0. The van der Waals surface area contributed by atoms with Gasteiger partial charge in [-0.15, -0.1) is 0 Å². The molecule has 0 nitrogen and oxygen atoms in total. The first-order chi connectivity index (χ1) is 5.17. The molecule has 0 aliphatic carbocycles. The average Bonchev–Trinajstić information content (AvgIpc) is 2.05. The van der Waals surface area contributed by atoms with Crippen molar-refractivity contribution < 1.29 is 0 Å². The van der Waals surface area contributed by atoms with Crippen LogP contribution in [0.1, 0.15) is 47.5 Å². The highest BCUT2D eigenvalue weighted by Crippen LogP contribution is 2.28. The molecular weight excluding hydrogens is 148 g/mol. The molecule has 0 amide bonds. The van der Waals surface area contributed by atoms with Crippen molar-refractivity contribution in [2.75, 3.05) is 0 Å². The molecule has 0 saturated carbocycles. The normalized spacial score (nSPS) is 19.4. The zero-order chi connectivity index (χ0) is 8.85. The summed E-state index contributed by atoms with van der Waals surface area (Å²) >= 11 is 0. The molecule has 0 aromatic heterocycles. The third-order valence-electron chi connectivity index (χ3n) is 3.22. The van der Waals surface area contributed by atoms with Gasteiger partial charge in [0.2, 0.25) is 0 Å². The molecule has 11 heavy (non-hydrogen) atoms. The van der Waals surface area contributed by atoms with Gasteiger partial charge in [-0.2, -0.15) is 0 Å². The lowest BCUT2D eigenvalue weighted by atomic mass is 10.3. The molecule has 0 spiro atoms. The minimum Gasteiger partial charge on any atom is -0.0680 e. The highest BCUT2D eigenvalue weighted by molar-refractivity contribution is 6.61. The van der Waals surface area contributed by atoms with E-state index in [4.69, 9.17) is 0 Å². The van der Waals surface area contributed by atoms with Crippen LogP contribution < -0.4 is 0 Å². The van der Waals surface area contributed by atoms with E-state index in [1.54, 1.807) is 0 Å². The third kappa shape index (κ3) is 3.41. The van der Waals surface area contributed by atoms with Crippen molar-refractivity contribution in [1.29, 1.82) is 0 Å². The minimum absolute atomic E-state index is 0.401. The molecule has 0 heterocycles. The molecule has 0 bridgehead atoms. The molecule has 1 heteroatoms. The van der Waals surface area contributed by atoms with Gasteiger partial charge in [-0.05, 0) is 0 Å². The molecule has 0 radical (unpaired) electrons. The Morgan fingerprint density at radius 1 is 0.909 bits per heavy atom. The Labute approximate surface area is 74.0 Å². The second-order valence-corrected chi connectivity index (χ2v) is 8.26. The van der Waals surface area contributed by atoms with Crippen LogP contribution in [0, 0.1) is 0 Å². The Bertz CT molecular complexity index is 80.9. The van der Waals surface area contributed by atoms with Crippen LogP contribution in [-0.4, -0.2) is 8.80 Å². The molecular formula is C10H24Si. The SMILES string of the molecule is CCC(C)[SiH](CC)C(C)CC. The van der Waals surface area contributed by atoms with Crippen molar-refractivity contribution in [3.63, 3.8) is 0 Å². The van der Waals surface area contributed by atoms with Crippen molar-refractivity contribution in [2.45, 2.75) is 64.6 Å². The fraction of sp³-hybridized carbons (Fsp3) is 1.00.